The number of nitrogens with zero attached hydrogens (tertiary/aromatic N) is 5. The zero-order valence-corrected chi connectivity index (χ0v) is 11.8. The van der Waals surface area contributed by atoms with Crippen LogP contribution in [0.2, 0.25) is 0 Å². The van der Waals surface area contributed by atoms with E-state index in [0.717, 1.165) is 5.69 Å². The zero-order chi connectivity index (χ0) is 15.1. The van der Waals surface area contributed by atoms with E-state index in [1.807, 2.05) is 36.4 Å². The lowest BCUT2D eigenvalue weighted by molar-refractivity contribution is 0.897. The molecule has 0 radical (unpaired) electrons. The van der Waals surface area contributed by atoms with Crippen molar-refractivity contribution in [1.29, 1.82) is 0 Å². The fourth-order valence-electron chi connectivity index (χ4n) is 2.36. The van der Waals surface area contributed by atoms with Crippen molar-refractivity contribution >= 4 is 22.4 Å². The molecule has 0 spiro atoms. The number of nitrogens with one attached hydrogen (secondary N) is 1. The Morgan fingerprint density at radius 3 is 2.77 bits per heavy atom. The van der Waals surface area contributed by atoms with Crippen molar-refractivity contribution in [3.8, 4) is 0 Å². The third-order valence-electron chi connectivity index (χ3n) is 3.36. The van der Waals surface area contributed by atoms with E-state index < -0.39 is 0 Å². The van der Waals surface area contributed by atoms with E-state index in [1.165, 1.54) is 10.9 Å². The molecule has 3 heterocycles. The summed E-state index contributed by atoms with van der Waals surface area (Å²) in [6.07, 6.45) is 3.21. The van der Waals surface area contributed by atoms with Crippen molar-refractivity contribution in [2.24, 2.45) is 0 Å². The number of hydrogen-bond donors (Lipinski definition) is 1. The van der Waals surface area contributed by atoms with E-state index in [1.54, 1.807) is 17.6 Å². The van der Waals surface area contributed by atoms with Crippen molar-refractivity contribution in [2.75, 3.05) is 5.43 Å². The Bertz CT molecular complexity index is 1030. The van der Waals surface area contributed by atoms with Crippen LogP contribution in [-0.2, 0) is 0 Å². The summed E-state index contributed by atoms with van der Waals surface area (Å²) < 4.78 is 3.01. The van der Waals surface area contributed by atoms with Gasteiger partial charge in [-0.3, -0.25) is 10.2 Å². The molecule has 0 amide bonds. The Hall–Kier alpha value is -3.22. The summed E-state index contributed by atoms with van der Waals surface area (Å²) in [5.41, 5.74) is 4.37. The van der Waals surface area contributed by atoms with Crippen molar-refractivity contribution in [3.05, 3.63) is 65.0 Å². The molecule has 7 nitrogen and oxygen atoms in total. The summed E-state index contributed by atoms with van der Waals surface area (Å²) in [5, 5.41) is 4.75. The Balaban J connectivity index is 1.90. The molecular formula is C15H12N6O. The summed E-state index contributed by atoms with van der Waals surface area (Å²) in [6.45, 7) is 1.79. The summed E-state index contributed by atoms with van der Waals surface area (Å²) in [4.78, 5) is 21.0. The monoisotopic (exact) mass is 292 g/mol. The number of anilines is 1. The summed E-state index contributed by atoms with van der Waals surface area (Å²) in [6, 6.07) is 11.3. The van der Waals surface area contributed by atoms with Crippen LogP contribution in [0.3, 0.4) is 0 Å². The highest BCUT2D eigenvalue weighted by Crippen LogP contribution is 2.11. The second kappa shape index (κ2) is 4.66. The maximum Gasteiger partial charge on any atom is 0.280 e. The first kappa shape index (κ1) is 12.5. The van der Waals surface area contributed by atoms with Crippen molar-refractivity contribution < 1.29 is 0 Å². The first-order valence-electron chi connectivity index (χ1n) is 6.78. The number of rotatable bonds is 2. The molecule has 0 fully saturated rings. The van der Waals surface area contributed by atoms with Gasteiger partial charge in [-0.2, -0.15) is 9.50 Å². The lowest BCUT2D eigenvalue weighted by Gasteiger charge is -2.10. The Morgan fingerprint density at radius 1 is 1.14 bits per heavy atom. The van der Waals surface area contributed by atoms with Crippen molar-refractivity contribution in [3.63, 3.8) is 0 Å². The van der Waals surface area contributed by atoms with E-state index in [-0.39, 0.29) is 5.56 Å². The highest BCUT2D eigenvalue weighted by atomic mass is 16.1. The fraction of sp³-hybridized carbons (Fsp3) is 0.0667. The predicted molar refractivity (Wildman–Crippen MR) is 82.7 cm³/mol. The Kier molecular flexibility index (Phi) is 2.65. The third kappa shape index (κ3) is 1.91. The maximum atomic E-state index is 12.6. The fourth-order valence-corrected chi connectivity index (χ4v) is 2.36. The molecule has 7 heteroatoms. The van der Waals surface area contributed by atoms with Gasteiger partial charge in [0.15, 0.2) is 0 Å². The molecule has 0 aliphatic carbocycles. The van der Waals surface area contributed by atoms with E-state index in [2.05, 4.69) is 20.5 Å². The van der Waals surface area contributed by atoms with Crippen LogP contribution < -0.4 is 11.0 Å². The van der Waals surface area contributed by atoms with E-state index in [4.69, 9.17) is 0 Å². The minimum absolute atomic E-state index is 0.191. The van der Waals surface area contributed by atoms with Gasteiger partial charge in [0, 0.05) is 12.4 Å². The highest BCUT2D eigenvalue weighted by molar-refractivity contribution is 5.78. The molecule has 0 bridgehead atoms. The molecule has 22 heavy (non-hydrogen) atoms. The number of para-hydroxylation sites is 1. The van der Waals surface area contributed by atoms with Crippen LogP contribution in [0, 0.1) is 6.92 Å². The number of pyridine rings is 1. The molecule has 4 rings (SSSR count). The quantitative estimate of drug-likeness (QED) is 0.607. The molecule has 4 aromatic rings. The number of benzene rings is 1. The average molecular weight is 292 g/mol. The van der Waals surface area contributed by atoms with Gasteiger partial charge in [0.1, 0.15) is 5.82 Å². The largest absolute Gasteiger partial charge is 0.292 e. The van der Waals surface area contributed by atoms with Crippen LogP contribution in [0.25, 0.3) is 16.7 Å². The zero-order valence-electron chi connectivity index (χ0n) is 11.8. The minimum Gasteiger partial charge on any atom is -0.292 e. The molecule has 0 saturated carbocycles. The number of aromatic nitrogens is 5. The van der Waals surface area contributed by atoms with Gasteiger partial charge in [0.2, 0.25) is 0 Å². The summed E-state index contributed by atoms with van der Waals surface area (Å²) in [5.74, 6) is 1.10. The van der Waals surface area contributed by atoms with Crippen LogP contribution >= 0.6 is 0 Å². The molecule has 3 aromatic heterocycles. The van der Waals surface area contributed by atoms with E-state index in [9.17, 15) is 4.79 Å². The Labute approximate surface area is 124 Å². The SMILES string of the molecule is Cc1nc2ncc3c(=O)n(Nc4ccccc4)ccc3n2n1. The maximum absolute atomic E-state index is 12.6. The topological polar surface area (TPSA) is 77.1 Å². The van der Waals surface area contributed by atoms with Crippen LogP contribution in [-0.4, -0.2) is 24.3 Å². The first-order valence-corrected chi connectivity index (χ1v) is 6.78. The highest BCUT2D eigenvalue weighted by Gasteiger charge is 2.09. The second-order valence-electron chi connectivity index (χ2n) is 4.90. The standard InChI is InChI=1S/C15H12N6O/c1-10-17-15-16-9-12-13(21(15)18-10)7-8-20(14(12)22)19-11-5-3-2-4-6-11/h2-9,19H,1H3. The van der Waals surface area contributed by atoms with Gasteiger partial charge in [-0.1, -0.05) is 18.2 Å². The van der Waals surface area contributed by atoms with Crippen LogP contribution in [0.15, 0.2) is 53.6 Å². The van der Waals surface area contributed by atoms with E-state index >= 15 is 0 Å². The summed E-state index contributed by atoms with van der Waals surface area (Å²) >= 11 is 0. The lowest BCUT2D eigenvalue weighted by atomic mass is 10.3. The Morgan fingerprint density at radius 2 is 1.95 bits per heavy atom. The second-order valence-corrected chi connectivity index (χ2v) is 4.90. The molecule has 1 aromatic carbocycles. The average Bonchev–Trinajstić information content (AvgIpc) is 2.91. The van der Waals surface area contributed by atoms with Crippen molar-refractivity contribution in [2.45, 2.75) is 6.92 Å². The smallest absolute Gasteiger partial charge is 0.280 e. The van der Waals surface area contributed by atoms with Gasteiger partial charge >= 0.3 is 0 Å². The molecule has 0 atom stereocenters. The lowest BCUT2D eigenvalue weighted by Crippen LogP contribution is -2.26. The molecular weight excluding hydrogens is 280 g/mol. The number of aryl methyl sites for hydroxylation is 1. The van der Waals surface area contributed by atoms with Gasteiger partial charge in [-0.05, 0) is 25.1 Å². The van der Waals surface area contributed by atoms with Crippen LogP contribution in [0.4, 0.5) is 5.69 Å². The number of hydrogen-bond acceptors (Lipinski definition) is 5. The molecule has 1 N–H and O–H groups in total. The molecule has 0 aliphatic heterocycles. The predicted octanol–water partition coefficient (Wildman–Crippen LogP) is 1.62. The molecule has 0 unspecified atom stereocenters. The van der Waals surface area contributed by atoms with Crippen LogP contribution in [0.1, 0.15) is 5.82 Å². The normalized spacial score (nSPS) is 11.1. The molecule has 0 aliphatic rings. The van der Waals surface area contributed by atoms with Gasteiger partial charge in [-0.25, -0.2) is 9.66 Å². The first-order chi connectivity index (χ1) is 10.7. The van der Waals surface area contributed by atoms with Gasteiger partial charge in [0.25, 0.3) is 11.3 Å². The van der Waals surface area contributed by atoms with Gasteiger partial charge < -0.3 is 0 Å². The minimum atomic E-state index is -0.191. The molecule has 0 saturated heterocycles. The van der Waals surface area contributed by atoms with E-state index in [0.29, 0.717) is 22.5 Å². The number of fused-ring (bicyclic) bond motifs is 3. The van der Waals surface area contributed by atoms with Crippen LogP contribution in [0.5, 0.6) is 0 Å². The third-order valence-corrected chi connectivity index (χ3v) is 3.36. The van der Waals surface area contributed by atoms with Gasteiger partial charge in [-0.15, -0.1) is 5.10 Å². The molecule has 108 valence electrons. The van der Waals surface area contributed by atoms with Gasteiger partial charge in [0.05, 0.1) is 16.6 Å². The summed E-state index contributed by atoms with van der Waals surface area (Å²) in [7, 11) is 0. The van der Waals surface area contributed by atoms with Crippen molar-refractivity contribution in [1.82, 2.24) is 24.3 Å².